The molecule has 0 radical (unpaired) electrons. The summed E-state index contributed by atoms with van der Waals surface area (Å²) in [6.07, 6.45) is 3.03. The van der Waals surface area contributed by atoms with Gasteiger partial charge in [-0.2, -0.15) is 0 Å². The van der Waals surface area contributed by atoms with Crippen molar-refractivity contribution in [2.24, 2.45) is 11.8 Å². The third-order valence-corrected chi connectivity index (χ3v) is 11.7. The topological polar surface area (TPSA) is 167 Å². The minimum absolute atomic E-state index is 0.0737. The van der Waals surface area contributed by atoms with Gasteiger partial charge in [-0.15, -0.1) is 11.3 Å². The molecule has 1 saturated heterocycles. The Bertz CT molecular complexity index is 1640. The molecular weight excluding hydrogens is 718 g/mol. The summed E-state index contributed by atoms with van der Waals surface area (Å²) in [6.45, 7) is 10.4. The molecule has 4 rings (SSSR count). The van der Waals surface area contributed by atoms with E-state index in [0.29, 0.717) is 29.0 Å². The number of ether oxygens (including phenoxy) is 2. The molecule has 1 fully saturated rings. The third kappa shape index (κ3) is 10.8. The zero-order chi connectivity index (χ0) is 39.7. The lowest BCUT2D eigenvalue weighted by Crippen LogP contribution is -2.59. The van der Waals surface area contributed by atoms with E-state index in [-0.39, 0.29) is 61.4 Å². The Balaban J connectivity index is 1.56. The van der Waals surface area contributed by atoms with E-state index in [0.717, 1.165) is 37.1 Å². The molecule has 13 nitrogen and oxygen atoms in total. The number of aliphatic carboxylic acids is 1. The van der Waals surface area contributed by atoms with E-state index in [1.54, 1.807) is 23.5 Å². The number of rotatable bonds is 17. The van der Waals surface area contributed by atoms with Crippen LogP contribution in [0.1, 0.15) is 112 Å². The van der Waals surface area contributed by atoms with Gasteiger partial charge >= 0.3 is 11.9 Å². The second-order valence-electron chi connectivity index (χ2n) is 14.9. The summed E-state index contributed by atoms with van der Waals surface area (Å²) < 4.78 is 25.2. The fourth-order valence-electron chi connectivity index (χ4n) is 7.50. The molecule has 3 unspecified atom stereocenters. The van der Waals surface area contributed by atoms with Crippen LogP contribution >= 0.6 is 11.3 Å². The number of aromatic nitrogens is 1. The molecule has 2 aliphatic rings. The molecule has 298 valence electrons. The summed E-state index contributed by atoms with van der Waals surface area (Å²) in [4.78, 5) is 74.5. The predicted octanol–water partition coefficient (Wildman–Crippen LogP) is 4.70. The van der Waals surface area contributed by atoms with Crippen molar-refractivity contribution in [3.05, 3.63) is 51.2 Å². The number of carbonyl (C=O) groups excluding carboxylic acids is 4. The number of carboxylic acids is 1. The molecule has 0 saturated carbocycles. The van der Waals surface area contributed by atoms with Crippen LogP contribution in [0, 0.1) is 17.7 Å². The molecule has 0 spiro atoms. The zero-order valence-electron chi connectivity index (χ0n) is 32.4. The molecule has 3 N–H and O–H groups in total. The minimum Gasteiger partial charge on any atom is -0.481 e. The smallest absolute Gasteiger partial charge is 0.311 e. The number of nitrogens with zero attached hydrogens (tertiary/aromatic N) is 3. The highest BCUT2D eigenvalue weighted by molar-refractivity contribution is 7.09. The fraction of sp³-hybridized carbons (Fsp3) is 0.641. The number of esters is 1. The monoisotopic (exact) mass is 773 g/mol. The normalized spacial score (nSPS) is 20.9. The number of carbonyl (C=O) groups is 5. The van der Waals surface area contributed by atoms with Crippen molar-refractivity contribution in [1.29, 1.82) is 0 Å². The van der Waals surface area contributed by atoms with Gasteiger partial charge in [-0.3, -0.25) is 28.9 Å². The average Bonchev–Trinajstić information content (AvgIpc) is 3.63. The molecule has 7 atom stereocenters. The molecule has 1 aliphatic heterocycles. The Morgan fingerprint density at radius 2 is 1.91 bits per heavy atom. The number of halogens is 1. The van der Waals surface area contributed by atoms with E-state index >= 15 is 0 Å². The molecule has 2 aromatic rings. The average molecular weight is 774 g/mol. The Labute approximate surface area is 321 Å². The summed E-state index contributed by atoms with van der Waals surface area (Å²) >= 11 is 1.14. The van der Waals surface area contributed by atoms with E-state index in [1.807, 2.05) is 39.6 Å². The maximum absolute atomic E-state index is 14.6. The van der Waals surface area contributed by atoms with Gasteiger partial charge in [0.05, 0.1) is 18.6 Å². The number of carboxylic acid groups (broad SMARTS) is 1. The van der Waals surface area contributed by atoms with Gasteiger partial charge in [-0.05, 0) is 74.4 Å². The maximum Gasteiger partial charge on any atom is 0.311 e. The van der Waals surface area contributed by atoms with Crippen molar-refractivity contribution < 1.29 is 42.9 Å². The molecule has 1 aromatic carbocycles. The second-order valence-corrected chi connectivity index (χ2v) is 15.8. The van der Waals surface area contributed by atoms with Crippen molar-refractivity contribution >= 4 is 41.0 Å². The quantitative estimate of drug-likeness (QED) is 0.192. The fourth-order valence-corrected chi connectivity index (χ4v) is 8.34. The number of amides is 3. The summed E-state index contributed by atoms with van der Waals surface area (Å²) in [7, 11) is 3.48. The first-order valence-corrected chi connectivity index (χ1v) is 19.8. The van der Waals surface area contributed by atoms with E-state index in [4.69, 9.17) is 9.47 Å². The molecule has 1 aromatic heterocycles. The van der Waals surface area contributed by atoms with Crippen LogP contribution < -0.4 is 10.6 Å². The van der Waals surface area contributed by atoms with E-state index in [2.05, 4.69) is 15.6 Å². The van der Waals surface area contributed by atoms with Gasteiger partial charge in [0.1, 0.15) is 22.6 Å². The number of hydrogen-bond donors (Lipinski definition) is 3. The standard InChI is InChI=1S/C39H56FN5O8S/c1-8-23(4)34(43-36(48)31-11-9-10-14-44(31)6)38(49)45(15-16-52-7)32(22(2)3)20-33(53-24(5)46)37-42-30(21-54-37)35(47)41-27-17-25-12-13-26(40)18-28(25)29(19-27)39(50)51/h12-13,18,21-23,27,29,31-34H,8-11,14-17,19-20H2,1-7H3,(H,41,47)(H,43,48)(H,50,51)/t23?,27-,29+,31?,32+,33+,34?/m0/s1. The van der Waals surface area contributed by atoms with Crippen LogP contribution in [0.2, 0.25) is 0 Å². The van der Waals surface area contributed by atoms with Crippen molar-refractivity contribution in [2.75, 3.05) is 33.9 Å². The highest BCUT2D eigenvalue weighted by Gasteiger charge is 2.39. The molecule has 3 amide bonds. The highest BCUT2D eigenvalue weighted by atomic mass is 32.1. The van der Waals surface area contributed by atoms with Crippen LogP contribution in [0.3, 0.4) is 0 Å². The Morgan fingerprint density at radius 1 is 1.17 bits per heavy atom. The lowest BCUT2D eigenvalue weighted by Gasteiger charge is -2.40. The Morgan fingerprint density at radius 3 is 2.54 bits per heavy atom. The first-order valence-electron chi connectivity index (χ1n) is 18.9. The number of nitrogens with one attached hydrogen (secondary N) is 2. The van der Waals surface area contributed by atoms with E-state index in [9.17, 15) is 33.5 Å². The van der Waals surface area contributed by atoms with Gasteiger partial charge in [0.15, 0.2) is 6.10 Å². The van der Waals surface area contributed by atoms with Gasteiger partial charge in [0.2, 0.25) is 11.8 Å². The molecule has 54 heavy (non-hydrogen) atoms. The first-order chi connectivity index (χ1) is 25.6. The lowest BCUT2D eigenvalue weighted by molar-refractivity contribution is -0.150. The molecule has 0 bridgehead atoms. The van der Waals surface area contributed by atoms with Gasteiger partial charge in [0.25, 0.3) is 5.91 Å². The van der Waals surface area contributed by atoms with Crippen LogP contribution in [0.15, 0.2) is 23.6 Å². The van der Waals surface area contributed by atoms with Gasteiger partial charge in [-0.1, -0.05) is 46.6 Å². The van der Waals surface area contributed by atoms with Crippen LogP contribution in [-0.4, -0.2) is 108 Å². The summed E-state index contributed by atoms with van der Waals surface area (Å²) in [5, 5.41) is 17.7. The number of thiazole rings is 1. The van der Waals surface area contributed by atoms with E-state index < -0.39 is 53.8 Å². The maximum atomic E-state index is 14.6. The Kier molecular flexibility index (Phi) is 15.5. The SMILES string of the molecule is CCC(C)C(NC(=O)C1CCCCN1C)C(=O)N(CCOC)[C@H](C[C@@H](OC(C)=O)c1nc(C(=O)N[C@H]2Cc3ccc(F)cc3[C@H](C(=O)O)C2)cs1)C(C)C. The van der Waals surface area contributed by atoms with Crippen LogP contribution in [-0.2, 0) is 35.1 Å². The van der Waals surface area contributed by atoms with Gasteiger partial charge in [-0.25, -0.2) is 9.37 Å². The molecule has 2 heterocycles. The minimum atomic E-state index is -1.10. The second kappa shape index (κ2) is 19.6. The van der Waals surface area contributed by atoms with Crippen LogP contribution in [0.25, 0.3) is 0 Å². The number of methoxy groups -OCH3 is 1. The van der Waals surface area contributed by atoms with Crippen molar-refractivity contribution in [2.45, 2.75) is 116 Å². The third-order valence-electron chi connectivity index (χ3n) is 10.7. The summed E-state index contributed by atoms with van der Waals surface area (Å²) in [5.41, 5.74) is 1.13. The van der Waals surface area contributed by atoms with Crippen molar-refractivity contribution in [3.8, 4) is 0 Å². The lowest BCUT2D eigenvalue weighted by atomic mass is 9.80. The Hall–Kier alpha value is -3.95. The molecular formula is C39H56FN5O8S. The number of likely N-dealkylation sites (tertiary alicyclic amines) is 1. The number of piperidine rings is 1. The molecule has 15 heteroatoms. The van der Waals surface area contributed by atoms with Crippen molar-refractivity contribution in [3.63, 3.8) is 0 Å². The number of likely N-dealkylation sites (N-methyl/N-ethyl adjacent to an activating group) is 1. The number of benzene rings is 1. The number of fused-ring (bicyclic) bond motifs is 1. The number of hydrogen-bond acceptors (Lipinski definition) is 10. The van der Waals surface area contributed by atoms with Crippen molar-refractivity contribution in [1.82, 2.24) is 25.4 Å². The first kappa shape index (κ1) is 42.8. The highest BCUT2D eigenvalue weighted by Crippen LogP contribution is 2.34. The molecule has 1 aliphatic carbocycles. The largest absolute Gasteiger partial charge is 0.481 e. The van der Waals surface area contributed by atoms with Gasteiger partial charge in [0, 0.05) is 44.5 Å². The van der Waals surface area contributed by atoms with Crippen LogP contribution in [0.5, 0.6) is 0 Å². The van der Waals surface area contributed by atoms with Gasteiger partial charge < -0.3 is 30.1 Å². The zero-order valence-corrected chi connectivity index (χ0v) is 33.2. The summed E-state index contributed by atoms with van der Waals surface area (Å²) in [6, 6.07) is 1.95. The predicted molar refractivity (Wildman–Crippen MR) is 201 cm³/mol. The summed E-state index contributed by atoms with van der Waals surface area (Å²) in [5.74, 6) is -4.37. The van der Waals surface area contributed by atoms with E-state index in [1.165, 1.54) is 19.1 Å². The van der Waals surface area contributed by atoms with Crippen LogP contribution in [0.4, 0.5) is 4.39 Å².